The van der Waals surface area contributed by atoms with E-state index < -0.39 is 0 Å². The van der Waals surface area contributed by atoms with Crippen molar-refractivity contribution in [3.63, 3.8) is 0 Å². The van der Waals surface area contributed by atoms with Crippen LogP contribution in [0.15, 0.2) is 36.4 Å². The number of nitriles is 2. The molecule has 0 aromatic heterocycles. The van der Waals surface area contributed by atoms with Crippen LogP contribution in [0, 0.1) is 35.5 Å². The van der Waals surface area contributed by atoms with Gasteiger partial charge >= 0.3 is 0 Å². The van der Waals surface area contributed by atoms with E-state index in [1.54, 1.807) is 0 Å². The number of rotatable bonds is 5. The van der Waals surface area contributed by atoms with Gasteiger partial charge in [-0.1, -0.05) is 68.1 Å². The fourth-order valence-corrected chi connectivity index (χ4v) is 4.42. The second-order valence-corrected chi connectivity index (χ2v) is 7.90. The summed E-state index contributed by atoms with van der Waals surface area (Å²) in [6.07, 6.45) is 8.70. The van der Waals surface area contributed by atoms with Crippen molar-refractivity contribution in [2.45, 2.75) is 64.7 Å². The fourth-order valence-electron chi connectivity index (χ4n) is 4.42. The highest BCUT2D eigenvalue weighted by Crippen LogP contribution is 2.40. The molecule has 0 heterocycles. The first kappa shape index (κ1) is 19.2. The molecule has 0 unspecified atom stereocenters. The summed E-state index contributed by atoms with van der Waals surface area (Å²) in [6.45, 7) is 4.31. The van der Waals surface area contributed by atoms with Gasteiger partial charge in [0.25, 0.3) is 0 Å². The summed E-state index contributed by atoms with van der Waals surface area (Å²) < 4.78 is 0. The average Bonchev–Trinajstić information content (AvgIpc) is 2.72. The molecule has 0 aliphatic heterocycles. The number of benzene rings is 2. The third-order valence-corrected chi connectivity index (χ3v) is 6.08. The van der Waals surface area contributed by atoms with E-state index in [-0.39, 0.29) is 0 Å². The van der Waals surface area contributed by atoms with Crippen molar-refractivity contribution < 1.29 is 0 Å². The minimum Gasteiger partial charge on any atom is -0.192 e. The van der Waals surface area contributed by atoms with Crippen molar-refractivity contribution in [1.82, 2.24) is 0 Å². The zero-order valence-electron chi connectivity index (χ0n) is 16.5. The van der Waals surface area contributed by atoms with Crippen LogP contribution in [0.25, 0.3) is 11.1 Å². The Balaban J connectivity index is 1.89. The minimum absolute atomic E-state index is 0.414. The molecular formula is C25H28N2. The molecule has 3 rings (SSSR count). The predicted octanol–water partition coefficient (Wildman–Crippen LogP) is 6.87. The van der Waals surface area contributed by atoms with E-state index in [0.717, 1.165) is 35.4 Å². The first-order valence-corrected chi connectivity index (χ1v) is 10.2. The van der Waals surface area contributed by atoms with E-state index in [0.29, 0.717) is 17.0 Å². The van der Waals surface area contributed by atoms with Crippen LogP contribution in [0.2, 0.25) is 0 Å². The van der Waals surface area contributed by atoms with Crippen LogP contribution < -0.4 is 0 Å². The molecule has 0 radical (unpaired) electrons. The lowest BCUT2D eigenvalue weighted by Crippen LogP contribution is -2.15. The van der Waals surface area contributed by atoms with Crippen LogP contribution in [0.3, 0.4) is 0 Å². The summed E-state index contributed by atoms with van der Waals surface area (Å²) in [4.78, 5) is 0. The maximum atomic E-state index is 9.84. The van der Waals surface area contributed by atoms with Gasteiger partial charge in [-0.2, -0.15) is 10.5 Å². The first-order valence-electron chi connectivity index (χ1n) is 10.2. The summed E-state index contributed by atoms with van der Waals surface area (Å²) in [5.41, 5.74) is 5.27. The van der Waals surface area contributed by atoms with E-state index in [1.807, 2.05) is 30.3 Å². The van der Waals surface area contributed by atoms with E-state index >= 15 is 0 Å². The van der Waals surface area contributed by atoms with Crippen molar-refractivity contribution in [2.75, 3.05) is 0 Å². The smallest absolute Gasteiger partial charge is 0.101 e. The molecule has 2 heteroatoms. The highest BCUT2D eigenvalue weighted by atomic mass is 14.3. The molecule has 27 heavy (non-hydrogen) atoms. The zero-order chi connectivity index (χ0) is 19.2. The van der Waals surface area contributed by atoms with Gasteiger partial charge in [0, 0.05) is 5.56 Å². The summed E-state index contributed by atoms with van der Waals surface area (Å²) in [5.74, 6) is 1.26. The molecule has 0 N–H and O–H groups in total. The average molecular weight is 357 g/mol. The van der Waals surface area contributed by atoms with Crippen LogP contribution in [-0.4, -0.2) is 0 Å². The van der Waals surface area contributed by atoms with Crippen molar-refractivity contribution >= 4 is 0 Å². The van der Waals surface area contributed by atoms with Crippen molar-refractivity contribution in [3.8, 4) is 23.3 Å². The van der Waals surface area contributed by atoms with Gasteiger partial charge in [-0.3, -0.25) is 0 Å². The molecule has 0 saturated heterocycles. The Morgan fingerprint density at radius 3 is 2.15 bits per heavy atom. The minimum atomic E-state index is 0.414. The molecule has 0 spiro atoms. The summed E-state index contributed by atoms with van der Waals surface area (Å²) in [7, 11) is 0. The number of aryl methyl sites for hydroxylation is 1. The number of hydrogen-bond donors (Lipinski definition) is 0. The largest absolute Gasteiger partial charge is 0.192 e. The van der Waals surface area contributed by atoms with Gasteiger partial charge in [-0.25, -0.2) is 0 Å². The molecule has 138 valence electrons. The molecule has 2 nitrogen and oxygen atoms in total. The molecule has 1 aliphatic rings. The Bertz CT molecular complexity index is 857. The van der Waals surface area contributed by atoms with Gasteiger partial charge in [-0.15, -0.1) is 0 Å². The highest BCUT2D eigenvalue weighted by molar-refractivity contribution is 5.75. The van der Waals surface area contributed by atoms with Gasteiger partial charge in [0.1, 0.15) is 12.1 Å². The standard InChI is InChI=1S/C25H28N2/c1-3-4-5-19-8-12-21(13-9-19)23-15-14-22(24(16-26)25(23)17-27)20-10-6-18(2)7-11-20/h6-7,10-11,14-15,19,21H,3-5,8-9,12-13H2,1-2H3. The van der Waals surface area contributed by atoms with Crippen molar-refractivity contribution in [2.24, 2.45) is 5.92 Å². The molecule has 0 bridgehead atoms. The molecular weight excluding hydrogens is 328 g/mol. The van der Waals surface area contributed by atoms with E-state index in [9.17, 15) is 10.5 Å². The molecule has 2 aromatic rings. The highest BCUT2D eigenvalue weighted by Gasteiger charge is 2.26. The van der Waals surface area contributed by atoms with Crippen LogP contribution in [0.1, 0.15) is 80.0 Å². The first-order chi connectivity index (χ1) is 13.2. The Morgan fingerprint density at radius 1 is 0.889 bits per heavy atom. The predicted molar refractivity (Wildman–Crippen MR) is 110 cm³/mol. The van der Waals surface area contributed by atoms with Crippen LogP contribution in [-0.2, 0) is 0 Å². The van der Waals surface area contributed by atoms with Gasteiger partial charge in [0.05, 0.1) is 11.1 Å². The van der Waals surface area contributed by atoms with Gasteiger partial charge in [-0.05, 0) is 55.6 Å². The van der Waals surface area contributed by atoms with Crippen LogP contribution in [0.5, 0.6) is 0 Å². The lowest BCUT2D eigenvalue weighted by Gasteiger charge is -2.29. The molecule has 0 amide bonds. The Hall–Kier alpha value is -2.58. The quantitative estimate of drug-likeness (QED) is 0.587. The molecule has 0 atom stereocenters. The topological polar surface area (TPSA) is 47.6 Å². The van der Waals surface area contributed by atoms with Gasteiger partial charge < -0.3 is 0 Å². The molecule has 1 fully saturated rings. The molecule has 2 aromatic carbocycles. The lowest BCUT2D eigenvalue weighted by atomic mass is 9.75. The fraction of sp³-hybridized carbons (Fsp3) is 0.440. The van der Waals surface area contributed by atoms with E-state index in [4.69, 9.17) is 0 Å². The third-order valence-electron chi connectivity index (χ3n) is 6.08. The maximum absolute atomic E-state index is 9.84. The molecule has 1 saturated carbocycles. The summed E-state index contributed by atoms with van der Waals surface area (Å²) >= 11 is 0. The maximum Gasteiger partial charge on any atom is 0.101 e. The monoisotopic (exact) mass is 356 g/mol. The SMILES string of the molecule is CCCCC1CCC(c2ccc(-c3ccc(C)cc3)c(C#N)c2C#N)CC1. The zero-order valence-corrected chi connectivity index (χ0v) is 16.5. The molecule has 1 aliphatic carbocycles. The third kappa shape index (κ3) is 4.23. The van der Waals surface area contributed by atoms with Crippen molar-refractivity contribution in [1.29, 1.82) is 10.5 Å². The number of hydrogen-bond acceptors (Lipinski definition) is 2. The Morgan fingerprint density at radius 2 is 1.56 bits per heavy atom. The normalized spacial score (nSPS) is 19.3. The number of nitrogens with zero attached hydrogens (tertiary/aromatic N) is 2. The van der Waals surface area contributed by atoms with E-state index in [1.165, 1.54) is 37.7 Å². The lowest BCUT2D eigenvalue weighted by molar-refractivity contribution is 0.304. The van der Waals surface area contributed by atoms with Crippen molar-refractivity contribution in [3.05, 3.63) is 58.7 Å². The van der Waals surface area contributed by atoms with Crippen LogP contribution in [0.4, 0.5) is 0 Å². The van der Waals surface area contributed by atoms with Gasteiger partial charge in [0.2, 0.25) is 0 Å². The summed E-state index contributed by atoms with van der Waals surface area (Å²) in [5, 5.41) is 19.7. The van der Waals surface area contributed by atoms with Crippen LogP contribution >= 0.6 is 0 Å². The summed E-state index contributed by atoms with van der Waals surface area (Å²) in [6, 6.07) is 17.0. The van der Waals surface area contributed by atoms with Gasteiger partial charge in [0.15, 0.2) is 0 Å². The number of unbranched alkanes of at least 4 members (excludes halogenated alkanes) is 1. The second-order valence-electron chi connectivity index (χ2n) is 7.90. The Kier molecular flexibility index (Phi) is 6.31. The Labute approximate surface area is 163 Å². The van der Waals surface area contributed by atoms with E-state index in [2.05, 4.69) is 32.1 Å². The second kappa shape index (κ2) is 8.88.